The maximum Gasteiger partial charge on any atom is 0.221 e. The highest BCUT2D eigenvalue weighted by atomic mass is 16.1. The second-order valence-corrected chi connectivity index (χ2v) is 6.43. The maximum atomic E-state index is 11.9. The van der Waals surface area contributed by atoms with Crippen LogP contribution in [0.4, 0.5) is 0 Å². The van der Waals surface area contributed by atoms with E-state index in [-0.39, 0.29) is 11.9 Å². The van der Waals surface area contributed by atoms with Gasteiger partial charge in [-0.3, -0.25) is 9.69 Å². The highest BCUT2D eigenvalue weighted by Gasteiger charge is 2.31. The summed E-state index contributed by atoms with van der Waals surface area (Å²) in [6.07, 6.45) is 8.06. The Morgan fingerprint density at radius 2 is 2.00 bits per heavy atom. The van der Waals surface area contributed by atoms with Gasteiger partial charge in [-0.05, 0) is 38.6 Å². The lowest BCUT2D eigenvalue weighted by Crippen LogP contribution is -2.49. The highest BCUT2D eigenvalue weighted by molar-refractivity contribution is 5.77. The van der Waals surface area contributed by atoms with E-state index in [1.54, 1.807) is 0 Å². The minimum Gasteiger partial charge on any atom is -0.353 e. The lowest BCUT2D eigenvalue weighted by atomic mass is 9.84. The number of nitrogens with zero attached hydrogens (tertiary/aromatic N) is 1. The molecule has 0 bridgehead atoms. The van der Waals surface area contributed by atoms with Crippen molar-refractivity contribution in [2.45, 2.75) is 70.0 Å². The molecule has 3 unspecified atom stereocenters. The van der Waals surface area contributed by atoms with Crippen LogP contribution in [0.15, 0.2) is 0 Å². The van der Waals surface area contributed by atoms with E-state index in [4.69, 9.17) is 5.73 Å². The number of nitrogens with one attached hydrogen (secondary N) is 1. The quantitative estimate of drug-likeness (QED) is 0.766. The summed E-state index contributed by atoms with van der Waals surface area (Å²) in [5.41, 5.74) is 5.90. The van der Waals surface area contributed by atoms with Gasteiger partial charge in [0.2, 0.25) is 5.91 Å². The van der Waals surface area contributed by atoms with Crippen molar-refractivity contribution in [3.05, 3.63) is 0 Å². The molecular formula is C15H29N3O. The summed E-state index contributed by atoms with van der Waals surface area (Å²) in [5, 5.41) is 3.07. The molecule has 4 nitrogen and oxygen atoms in total. The van der Waals surface area contributed by atoms with Gasteiger partial charge in [-0.2, -0.15) is 0 Å². The van der Waals surface area contributed by atoms with Crippen molar-refractivity contribution < 1.29 is 4.79 Å². The zero-order chi connectivity index (χ0) is 13.8. The van der Waals surface area contributed by atoms with Crippen LogP contribution in [0, 0.1) is 5.92 Å². The van der Waals surface area contributed by atoms with E-state index in [1.807, 2.05) is 0 Å². The Bertz CT molecular complexity index is 304. The summed E-state index contributed by atoms with van der Waals surface area (Å²) in [6.45, 7) is 2.90. The number of likely N-dealkylation sites (N-methyl/N-ethyl adjacent to an activating group) is 1. The molecule has 0 saturated heterocycles. The molecular weight excluding hydrogens is 238 g/mol. The third kappa shape index (κ3) is 4.18. The van der Waals surface area contributed by atoms with E-state index in [9.17, 15) is 4.79 Å². The number of hydrogen-bond acceptors (Lipinski definition) is 3. The topological polar surface area (TPSA) is 58.4 Å². The van der Waals surface area contributed by atoms with Crippen LogP contribution in [-0.2, 0) is 4.79 Å². The van der Waals surface area contributed by atoms with Crippen molar-refractivity contribution in [1.29, 1.82) is 0 Å². The molecule has 0 spiro atoms. The van der Waals surface area contributed by atoms with Crippen LogP contribution in [0.3, 0.4) is 0 Å². The van der Waals surface area contributed by atoms with E-state index in [2.05, 4.69) is 24.2 Å². The molecule has 0 aliphatic heterocycles. The summed E-state index contributed by atoms with van der Waals surface area (Å²) in [6, 6.07) is 1.23. The fourth-order valence-electron chi connectivity index (χ4n) is 3.29. The van der Waals surface area contributed by atoms with Gasteiger partial charge in [-0.25, -0.2) is 0 Å². The molecule has 2 saturated carbocycles. The monoisotopic (exact) mass is 267 g/mol. The van der Waals surface area contributed by atoms with Gasteiger partial charge in [0.15, 0.2) is 0 Å². The van der Waals surface area contributed by atoms with Crippen LogP contribution < -0.4 is 11.1 Å². The molecule has 0 aromatic heterocycles. The number of amides is 1. The molecule has 3 atom stereocenters. The van der Waals surface area contributed by atoms with Crippen LogP contribution in [0.5, 0.6) is 0 Å². The Morgan fingerprint density at radius 1 is 1.32 bits per heavy atom. The minimum atomic E-state index is 0.174. The lowest BCUT2D eigenvalue weighted by Gasteiger charge is -2.40. The number of carbonyl (C=O) groups excluding carboxylic acids is 1. The van der Waals surface area contributed by atoms with Gasteiger partial charge < -0.3 is 11.1 Å². The van der Waals surface area contributed by atoms with Crippen molar-refractivity contribution in [2.24, 2.45) is 11.7 Å². The Morgan fingerprint density at radius 3 is 2.58 bits per heavy atom. The molecule has 4 heteroatoms. The molecule has 2 aliphatic rings. The van der Waals surface area contributed by atoms with Crippen molar-refractivity contribution >= 4 is 5.91 Å². The van der Waals surface area contributed by atoms with E-state index in [0.717, 1.165) is 18.8 Å². The second-order valence-electron chi connectivity index (χ2n) is 6.43. The zero-order valence-electron chi connectivity index (χ0n) is 12.4. The average molecular weight is 267 g/mol. The summed E-state index contributed by atoms with van der Waals surface area (Å²) >= 11 is 0. The number of carbonyl (C=O) groups is 1. The van der Waals surface area contributed by atoms with Gasteiger partial charge in [-0.15, -0.1) is 0 Å². The normalized spacial score (nSPS) is 29.3. The molecule has 2 rings (SSSR count). The van der Waals surface area contributed by atoms with Gasteiger partial charge in [-0.1, -0.05) is 19.8 Å². The minimum absolute atomic E-state index is 0.174. The molecule has 0 aromatic rings. The molecule has 2 aliphatic carbocycles. The molecule has 0 aromatic carbocycles. The molecule has 1 amide bonds. The zero-order valence-corrected chi connectivity index (χ0v) is 12.4. The van der Waals surface area contributed by atoms with Crippen molar-refractivity contribution in [3.8, 4) is 0 Å². The molecule has 2 fully saturated rings. The fraction of sp³-hybridized carbons (Fsp3) is 0.933. The van der Waals surface area contributed by atoms with E-state index in [1.165, 1.54) is 25.7 Å². The molecule has 110 valence electrons. The lowest BCUT2D eigenvalue weighted by molar-refractivity contribution is -0.122. The van der Waals surface area contributed by atoms with E-state index >= 15 is 0 Å². The molecule has 0 heterocycles. The first-order valence-electron chi connectivity index (χ1n) is 7.83. The molecule has 0 radical (unpaired) electrons. The third-order valence-electron chi connectivity index (χ3n) is 4.80. The number of nitrogens with two attached hydrogens (primary N) is 1. The van der Waals surface area contributed by atoms with Crippen LogP contribution in [0.25, 0.3) is 0 Å². The van der Waals surface area contributed by atoms with Crippen LogP contribution in [0.1, 0.15) is 51.9 Å². The van der Waals surface area contributed by atoms with Crippen LogP contribution in [-0.4, -0.2) is 42.5 Å². The Balaban J connectivity index is 1.85. The van der Waals surface area contributed by atoms with Crippen LogP contribution in [0.2, 0.25) is 0 Å². The van der Waals surface area contributed by atoms with Crippen LogP contribution >= 0.6 is 0 Å². The SMILES string of the molecule is CC1CCCCC1N(C)C(CN)CC(=O)NC1CC1. The maximum absolute atomic E-state index is 11.9. The Hall–Kier alpha value is -0.610. The van der Waals surface area contributed by atoms with Crippen molar-refractivity contribution in [1.82, 2.24) is 10.2 Å². The summed E-state index contributed by atoms with van der Waals surface area (Å²) in [4.78, 5) is 14.3. The van der Waals surface area contributed by atoms with E-state index in [0.29, 0.717) is 25.0 Å². The third-order valence-corrected chi connectivity index (χ3v) is 4.80. The smallest absolute Gasteiger partial charge is 0.221 e. The second kappa shape index (κ2) is 6.71. The summed E-state index contributed by atoms with van der Waals surface area (Å²) < 4.78 is 0. The number of rotatable bonds is 6. The van der Waals surface area contributed by atoms with Gasteiger partial charge in [0.05, 0.1) is 0 Å². The Kier molecular flexibility index (Phi) is 5.22. The number of hydrogen-bond donors (Lipinski definition) is 2. The standard InChI is InChI=1S/C15H29N3O/c1-11-5-3-4-6-14(11)18(2)13(10-16)9-15(19)17-12-7-8-12/h11-14H,3-10,16H2,1-2H3,(H,17,19). The van der Waals surface area contributed by atoms with Gasteiger partial charge in [0.25, 0.3) is 0 Å². The fourth-order valence-corrected chi connectivity index (χ4v) is 3.29. The van der Waals surface area contributed by atoms with Crippen molar-refractivity contribution in [2.75, 3.05) is 13.6 Å². The predicted octanol–water partition coefficient (Wildman–Crippen LogP) is 1.49. The summed E-state index contributed by atoms with van der Waals surface area (Å²) in [5.74, 6) is 0.896. The van der Waals surface area contributed by atoms with Gasteiger partial charge >= 0.3 is 0 Å². The highest BCUT2D eigenvalue weighted by Crippen LogP contribution is 2.29. The summed E-state index contributed by atoms with van der Waals surface area (Å²) in [7, 11) is 2.15. The first-order valence-corrected chi connectivity index (χ1v) is 7.83. The Labute approximate surface area is 117 Å². The average Bonchev–Trinajstić information content (AvgIpc) is 3.19. The van der Waals surface area contributed by atoms with E-state index < -0.39 is 0 Å². The largest absolute Gasteiger partial charge is 0.353 e. The van der Waals surface area contributed by atoms with Gasteiger partial charge in [0.1, 0.15) is 0 Å². The first-order chi connectivity index (χ1) is 9.11. The first kappa shape index (κ1) is 14.8. The molecule has 3 N–H and O–H groups in total. The molecule has 19 heavy (non-hydrogen) atoms. The predicted molar refractivity (Wildman–Crippen MR) is 77.8 cm³/mol. The van der Waals surface area contributed by atoms with Crippen molar-refractivity contribution in [3.63, 3.8) is 0 Å². The van der Waals surface area contributed by atoms with Gasteiger partial charge in [0, 0.05) is 31.1 Å².